The van der Waals surface area contributed by atoms with Crippen LogP contribution in [0.4, 0.5) is 13.2 Å². The molecule has 0 heterocycles. The molecule has 7 heteroatoms. The molecule has 0 unspecified atom stereocenters. The van der Waals surface area contributed by atoms with Gasteiger partial charge in [-0.05, 0) is 42.7 Å². The van der Waals surface area contributed by atoms with E-state index in [-0.39, 0.29) is 11.6 Å². The lowest BCUT2D eigenvalue weighted by Gasteiger charge is -2.15. The van der Waals surface area contributed by atoms with Crippen molar-refractivity contribution >= 4 is 11.9 Å². The molecule has 144 valence electrons. The number of amides is 1. The van der Waals surface area contributed by atoms with Crippen molar-refractivity contribution in [1.29, 1.82) is 0 Å². The molecule has 0 spiro atoms. The van der Waals surface area contributed by atoms with Gasteiger partial charge in [-0.25, -0.2) is 4.79 Å². The highest BCUT2D eigenvalue weighted by Crippen LogP contribution is 2.29. The van der Waals surface area contributed by atoms with Gasteiger partial charge in [-0.15, -0.1) is 0 Å². The second-order valence-corrected chi connectivity index (χ2v) is 6.04. The second-order valence-electron chi connectivity index (χ2n) is 6.04. The van der Waals surface area contributed by atoms with E-state index in [1.54, 1.807) is 6.92 Å². The Morgan fingerprint density at radius 1 is 1.11 bits per heavy atom. The van der Waals surface area contributed by atoms with Gasteiger partial charge in [0.25, 0.3) is 5.91 Å². The highest BCUT2D eigenvalue weighted by molar-refractivity contribution is 5.91. The summed E-state index contributed by atoms with van der Waals surface area (Å²) in [6.07, 6.45) is -3.65. The first-order valence-electron chi connectivity index (χ1n) is 8.43. The average molecular weight is 379 g/mol. The minimum atomic E-state index is -4.56. The normalized spacial score (nSPS) is 12.3. The fourth-order valence-corrected chi connectivity index (χ4v) is 2.45. The van der Waals surface area contributed by atoms with E-state index in [1.165, 1.54) is 11.6 Å². The number of carbonyl (C=O) groups is 2. The van der Waals surface area contributed by atoms with Crippen molar-refractivity contribution in [1.82, 2.24) is 5.32 Å². The zero-order valence-electron chi connectivity index (χ0n) is 15.0. The maximum Gasteiger partial charge on any atom is 0.416 e. The van der Waals surface area contributed by atoms with Crippen LogP contribution in [0.25, 0.3) is 0 Å². The summed E-state index contributed by atoms with van der Waals surface area (Å²) in [4.78, 5) is 23.8. The first kappa shape index (κ1) is 20.5. The van der Waals surface area contributed by atoms with Gasteiger partial charge < -0.3 is 10.1 Å². The van der Waals surface area contributed by atoms with Crippen molar-refractivity contribution < 1.29 is 27.5 Å². The number of hydrogen-bond donors (Lipinski definition) is 1. The summed E-state index contributed by atoms with van der Waals surface area (Å²) in [6, 6.07) is 11.3. The Kier molecular flexibility index (Phi) is 6.60. The van der Waals surface area contributed by atoms with Gasteiger partial charge in [-0.2, -0.15) is 13.2 Å². The van der Waals surface area contributed by atoms with Gasteiger partial charge >= 0.3 is 12.1 Å². The average Bonchev–Trinajstić information content (AvgIpc) is 2.65. The lowest BCUT2D eigenvalue weighted by Crippen LogP contribution is -2.31. The molecular formula is C20H20F3NO3. The van der Waals surface area contributed by atoms with Gasteiger partial charge in [0, 0.05) is 0 Å². The molecule has 0 saturated carbocycles. The highest BCUT2D eigenvalue weighted by atomic mass is 19.4. The van der Waals surface area contributed by atoms with Crippen molar-refractivity contribution in [2.24, 2.45) is 0 Å². The summed E-state index contributed by atoms with van der Waals surface area (Å²) in [7, 11) is 0. The molecular weight excluding hydrogens is 359 g/mol. The molecule has 0 radical (unpaired) electrons. The third kappa shape index (κ3) is 5.84. The molecule has 0 aliphatic heterocycles. The smallest absolute Gasteiger partial charge is 0.416 e. The van der Waals surface area contributed by atoms with E-state index < -0.39 is 30.2 Å². The van der Waals surface area contributed by atoms with E-state index in [4.69, 9.17) is 4.74 Å². The molecule has 1 amide bonds. The van der Waals surface area contributed by atoms with E-state index in [9.17, 15) is 22.8 Å². The van der Waals surface area contributed by atoms with Gasteiger partial charge in [0.1, 0.15) is 0 Å². The lowest BCUT2D eigenvalue weighted by atomic mass is 10.1. The first-order valence-corrected chi connectivity index (χ1v) is 8.43. The molecule has 4 nitrogen and oxygen atoms in total. The minimum absolute atomic E-state index is 0.263. The van der Waals surface area contributed by atoms with Gasteiger partial charge in [0.05, 0.1) is 17.2 Å². The van der Waals surface area contributed by atoms with Crippen LogP contribution in [0.2, 0.25) is 0 Å². The van der Waals surface area contributed by atoms with E-state index >= 15 is 0 Å². The van der Waals surface area contributed by atoms with Crippen LogP contribution in [-0.2, 0) is 22.1 Å². The molecule has 0 aliphatic rings. The molecule has 1 atom stereocenters. The van der Waals surface area contributed by atoms with E-state index in [0.29, 0.717) is 6.07 Å². The van der Waals surface area contributed by atoms with E-state index in [0.717, 1.165) is 24.1 Å². The number of aryl methyl sites for hydroxylation is 1. The molecule has 0 bridgehead atoms. The van der Waals surface area contributed by atoms with Crippen LogP contribution in [0, 0.1) is 0 Å². The van der Waals surface area contributed by atoms with Crippen LogP contribution in [0.15, 0.2) is 48.5 Å². The number of benzene rings is 2. The Morgan fingerprint density at radius 3 is 2.37 bits per heavy atom. The van der Waals surface area contributed by atoms with Crippen molar-refractivity contribution in [3.63, 3.8) is 0 Å². The zero-order valence-corrected chi connectivity index (χ0v) is 15.0. The number of hydrogen-bond acceptors (Lipinski definition) is 3. The fourth-order valence-electron chi connectivity index (χ4n) is 2.45. The van der Waals surface area contributed by atoms with Gasteiger partial charge in [0.2, 0.25) is 0 Å². The summed E-state index contributed by atoms with van der Waals surface area (Å²) in [5, 5.41) is 2.68. The predicted octanol–water partition coefficient (Wildman–Crippen LogP) is 4.30. The summed E-state index contributed by atoms with van der Waals surface area (Å²) in [5.41, 5.74) is 0.850. The van der Waals surface area contributed by atoms with Crippen LogP contribution in [0.5, 0.6) is 0 Å². The van der Waals surface area contributed by atoms with Gasteiger partial charge in [-0.3, -0.25) is 4.79 Å². The number of ether oxygens (including phenoxy) is 1. The Morgan fingerprint density at radius 2 is 1.78 bits per heavy atom. The lowest BCUT2D eigenvalue weighted by molar-refractivity contribution is -0.137. The first-order chi connectivity index (χ1) is 12.7. The van der Waals surface area contributed by atoms with E-state index in [2.05, 4.69) is 5.32 Å². The van der Waals surface area contributed by atoms with Gasteiger partial charge in [-0.1, -0.05) is 37.3 Å². The standard InChI is InChI=1S/C20H20F3NO3/c1-3-14-7-9-15(10-8-14)13(2)24-18(25)12-27-19(26)16-5-4-6-17(11-16)20(21,22)23/h4-11,13H,3,12H2,1-2H3,(H,24,25)/t13-/m1/s1. The third-order valence-corrected chi connectivity index (χ3v) is 4.03. The van der Waals surface area contributed by atoms with Crippen LogP contribution >= 0.6 is 0 Å². The number of rotatable bonds is 6. The molecule has 0 saturated heterocycles. The number of nitrogens with one attached hydrogen (secondary N) is 1. The SMILES string of the molecule is CCc1ccc([C@@H](C)NC(=O)COC(=O)c2cccc(C(F)(F)F)c2)cc1. The molecule has 0 aromatic heterocycles. The van der Waals surface area contributed by atoms with E-state index in [1.807, 2.05) is 31.2 Å². The molecule has 2 rings (SSSR count). The Balaban J connectivity index is 1.90. The van der Waals surface area contributed by atoms with Crippen LogP contribution in [0.3, 0.4) is 0 Å². The zero-order chi connectivity index (χ0) is 20.0. The Bertz CT molecular complexity index is 801. The summed E-state index contributed by atoms with van der Waals surface area (Å²) >= 11 is 0. The number of esters is 1. The van der Waals surface area contributed by atoms with Crippen LogP contribution < -0.4 is 5.32 Å². The predicted molar refractivity (Wildman–Crippen MR) is 94.1 cm³/mol. The quantitative estimate of drug-likeness (QED) is 0.762. The monoisotopic (exact) mass is 379 g/mol. The Hall–Kier alpha value is -2.83. The summed E-state index contributed by atoms with van der Waals surface area (Å²) < 4.78 is 42.9. The van der Waals surface area contributed by atoms with Crippen molar-refractivity contribution in [3.05, 3.63) is 70.8 Å². The maximum atomic E-state index is 12.7. The molecule has 27 heavy (non-hydrogen) atoms. The summed E-state index contributed by atoms with van der Waals surface area (Å²) in [6.45, 7) is 3.25. The van der Waals surface area contributed by atoms with Crippen molar-refractivity contribution in [3.8, 4) is 0 Å². The molecule has 0 fully saturated rings. The Labute approximate surface area is 155 Å². The minimum Gasteiger partial charge on any atom is -0.452 e. The number of halogens is 3. The molecule has 0 aliphatic carbocycles. The van der Waals surface area contributed by atoms with Crippen LogP contribution in [-0.4, -0.2) is 18.5 Å². The number of alkyl halides is 3. The number of carbonyl (C=O) groups excluding carboxylic acids is 2. The van der Waals surface area contributed by atoms with Gasteiger partial charge in [0.15, 0.2) is 6.61 Å². The topological polar surface area (TPSA) is 55.4 Å². The molecule has 1 N–H and O–H groups in total. The summed E-state index contributed by atoms with van der Waals surface area (Å²) in [5.74, 6) is -1.53. The maximum absolute atomic E-state index is 12.7. The largest absolute Gasteiger partial charge is 0.452 e. The fraction of sp³-hybridized carbons (Fsp3) is 0.300. The van der Waals surface area contributed by atoms with Crippen molar-refractivity contribution in [2.45, 2.75) is 32.5 Å². The second kappa shape index (κ2) is 8.70. The third-order valence-electron chi connectivity index (χ3n) is 4.03. The highest BCUT2D eigenvalue weighted by Gasteiger charge is 2.31. The molecule has 2 aromatic carbocycles. The molecule has 2 aromatic rings. The van der Waals surface area contributed by atoms with Crippen molar-refractivity contribution in [2.75, 3.05) is 6.61 Å². The van der Waals surface area contributed by atoms with Crippen LogP contribution in [0.1, 0.15) is 46.9 Å².